The lowest BCUT2D eigenvalue weighted by Gasteiger charge is -2.58. The van der Waals surface area contributed by atoms with E-state index in [0.29, 0.717) is 5.75 Å². The van der Waals surface area contributed by atoms with E-state index in [1.807, 2.05) is 30.3 Å². The number of ether oxygens (including phenoxy) is 1. The lowest BCUT2D eigenvalue weighted by Crippen LogP contribution is -2.82. The van der Waals surface area contributed by atoms with E-state index in [-0.39, 0.29) is 30.9 Å². The highest BCUT2D eigenvalue weighted by atomic mass is 32.2. The number of β-lactam (4-membered cyclic amide) rings is 1. The molecule has 2 unspecified atom stereocenters. The molecule has 1 aromatic rings. The van der Waals surface area contributed by atoms with Crippen molar-refractivity contribution in [1.82, 2.24) is 10.2 Å². The summed E-state index contributed by atoms with van der Waals surface area (Å²) in [7, 11) is 0. The number of nitrogens with one attached hydrogen (secondary N) is 1. The quantitative estimate of drug-likeness (QED) is 0.560. The van der Waals surface area contributed by atoms with Gasteiger partial charge >= 0.3 is 5.97 Å². The van der Waals surface area contributed by atoms with Crippen LogP contribution in [-0.2, 0) is 25.5 Å². The van der Waals surface area contributed by atoms with E-state index in [9.17, 15) is 19.5 Å². The van der Waals surface area contributed by atoms with Crippen LogP contribution >= 0.6 is 11.8 Å². The first kappa shape index (κ1) is 18.3. The lowest BCUT2D eigenvalue weighted by molar-refractivity contribution is -0.209. The first-order chi connectivity index (χ1) is 12.8. The molecule has 2 N–H and O–H groups in total. The summed E-state index contributed by atoms with van der Waals surface area (Å²) in [6.07, 6.45) is 1.87. The molecule has 0 aromatic heterocycles. The molecule has 1 aromatic carbocycles. The Hall–Kier alpha value is -2.06. The first-order valence-electron chi connectivity index (χ1n) is 9.03. The predicted molar refractivity (Wildman–Crippen MR) is 98.8 cm³/mol. The molecule has 3 atom stereocenters. The number of carbonyl (C=O) groups is 3. The van der Waals surface area contributed by atoms with Crippen LogP contribution in [0.5, 0.6) is 0 Å². The summed E-state index contributed by atoms with van der Waals surface area (Å²) >= 11 is 1.36. The number of hydrogen-bond donors (Lipinski definition) is 2. The third-order valence-electron chi connectivity index (χ3n) is 5.21. The number of nitrogens with zero attached hydrogens (tertiary/aromatic N) is 1. The van der Waals surface area contributed by atoms with Gasteiger partial charge in [-0.1, -0.05) is 30.3 Å². The molecule has 0 bridgehead atoms. The zero-order valence-corrected chi connectivity index (χ0v) is 15.8. The highest BCUT2D eigenvalue weighted by molar-refractivity contribution is 8.00. The van der Waals surface area contributed by atoms with Gasteiger partial charge in [-0.15, -0.1) is 11.8 Å². The predicted octanol–water partition coefficient (Wildman–Crippen LogP) is 1.23. The lowest BCUT2D eigenvalue weighted by atomic mass is 9.88. The van der Waals surface area contributed by atoms with Crippen LogP contribution in [0, 0.1) is 5.41 Å². The number of carboxylic acid groups (broad SMARTS) is 1. The second-order valence-electron chi connectivity index (χ2n) is 7.73. The van der Waals surface area contributed by atoms with Crippen molar-refractivity contribution in [2.45, 2.75) is 43.4 Å². The molecule has 144 valence electrons. The van der Waals surface area contributed by atoms with Gasteiger partial charge in [0.2, 0.25) is 5.91 Å². The molecule has 3 fully saturated rings. The molecule has 0 radical (unpaired) electrons. The van der Waals surface area contributed by atoms with Crippen molar-refractivity contribution in [3.63, 3.8) is 0 Å². The third-order valence-corrected chi connectivity index (χ3v) is 6.92. The largest absolute Gasteiger partial charge is 0.481 e. The van der Waals surface area contributed by atoms with Gasteiger partial charge in [-0.05, 0) is 25.3 Å². The van der Waals surface area contributed by atoms with Crippen molar-refractivity contribution in [3.05, 3.63) is 35.9 Å². The smallest absolute Gasteiger partial charge is 0.312 e. The summed E-state index contributed by atoms with van der Waals surface area (Å²) in [5, 5.41) is 11.9. The van der Waals surface area contributed by atoms with Crippen molar-refractivity contribution in [1.29, 1.82) is 0 Å². The number of amides is 2. The molecular formula is C19H22N2O5S. The van der Waals surface area contributed by atoms with E-state index in [4.69, 9.17) is 4.74 Å². The molecule has 2 saturated heterocycles. The molecule has 2 aliphatic heterocycles. The molecule has 0 spiro atoms. The summed E-state index contributed by atoms with van der Waals surface area (Å²) in [6.45, 7) is 1.77. The van der Waals surface area contributed by atoms with E-state index in [1.165, 1.54) is 16.7 Å². The van der Waals surface area contributed by atoms with Crippen molar-refractivity contribution < 1.29 is 24.2 Å². The van der Waals surface area contributed by atoms with Crippen molar-refractivity contribution >= 4 is 29.5 Å². The molecule has 1 aliphatic carbocycles. The number of hydrogen-bond acceptors (Lipinski definition) is 5. The van der Waals surface area contributed by atoms with Crippen LogP contribution in [0.25, 0.3) is 0 Å². The minimum absolute atomic E-state index is 0.0264. The van der Waals surface area contributed by atoms with Gasteiger partial charge in [-0.3, -0.25) is 14.4 Å². The van der Waals surface area contributed by atoms with Crippen LogP contribution in [0.4, 0.5) is 0 Å². The fourth-order valence-electron chi connectivity index (χ4n) is 3.49. The number of rotatable bonds is 6. The number of benzene rings is 1. The SMILES string of the molecule is CC1(C(=O)O)CS[C@H]2N(C1)C(=O)C2(NC(=O)Cc1ccccc1)OC1CC1. The molecule has 8 heteroatoms. The zero-order valence-electron chi connectivity index (χ0n) is 15.0. The minimum atomic E-state index is -1.38. The van der Waals surface area contributed by atoms with Gasteiger partial charge in [-0.2, -0.15) is 0 Å². The number of thioether (sulfide) groups is 1. The standard InChI is InChI=1S/C19H22N2O5S/c1-18(17(24)25)10-21-15(23)19(16(21)27-11-18,26-13-7-8-13)20-14(22)9-12-5-3-2-4-6-12/h2-6,13,16H,7-11H2,1H3,(H,20,22)(H,24,25)/t16-,18?,19?/m1/s1. The second kappa shape index (κ2) is 6.53. The molecule has 1 saturated carbocycles. The molecule has 2 heterocycles. The van der Waals surface area contributed by atoms with Gasteiger partial charge in [0.25, 0.3) is 11.6 Å². The van der Waals surface area contributed by atoms with Gasteiger partial charge in [0, 0.05) is 12.3 Å². The van der Waals surface area contributed by atoms with Crippen molar-refractivity contribution in [2.24, 2.45) is 5.41 Å². The van der Waals surface area contributed by atoms with Crippen molar-refractivity contribution in [2.75, 3.05) is 12.3 Å². The third kappa shape index (κ3) is 3.21. The molecule has 2 amide bonds. The van der Waals surface area contributed by atoms with Crippen LogP contribution in [0.15, 0.2) is 30.3 Å². The number of carbonyl (C=O) groups excluding carboxylic acids is 2. The maximum atomic E-state index is 13.0. The molecule has 27 heavy (non-hydrogen) atoms. The van der Waals surface area contributed by atoms with Crippen LogP contribution in [0.3, 0.4) is 0 Å². The van der Waals surface area contributed by atoms with Crippen LogP contribution in [0.2, 0.25) is 0 Å². The van der Waals surface area contributed by atoms with Gasteiger partial charge < -0.3 is 20.1 Å². The average molecular weight is 390 g/mol. The molecular weight excluding hydrogens is 368 g/mol. The average Bonchev–Trinajstić information content (AvgIpc) is 3.45. The Labute approximate surface area is 161 Å². The summed E-state index contributed by atoms with van der Waals surface area (Å²) in [4.78, 5) is 38.6. The van der Waals surface area contributed by atoms with Crippen LogP contribution in [-0.4, -0.2) is 57.3 Å². The van der Waals surface area contributed by atoms with Crippen LogP contribution < -0.4 is 5.32 Å². The van der Waals surface area contributed by atoms with E-state index in [0.717, 1.165) is 18.4 Å². The first-order valence-corrected chi connectivity index (χ1v) is 10.1. The van der Waals surface area contributed by atoms with E-state index in [1.54, 1.807) is 6.92 Å². The Morgan fingerprint density at radius 3 is 2.67 bits per heavy atom. The Balaban J connectivity index is 1.51. The minimum Gasteiger partial charge on any atom is -0.481 e. The second-order valence-corrected chi connectivity index (χ2v) is 8.79. The summed E-state index contributed by atoms with van der Waals surface area (Å²) in [6, 6.07) is 9.32. The number of carboxylic acids is 1. The molecule has 7 nitrogen and oxygen atoms in total. The Bertz CT molecular complexity index is 784. The summed E-state index contributed by atoms with van der Waals surface area (Å²) in [5.41, 5.74) is -1.51. The topological polar surface area (TPSA) is 95.9 Å². The Morgan fingerprint density at radius 2 is 2.04 bits per heavy atom. The van der Waals surface area contributed by atoms with Gasteiger partial charge in [0.1, 0.15) is 5.37 Å². The highest BCUT2D eigenvalue weighted by Crippen LogP contribution is 2.49. The highest BCUT2D eigenvalue weighted by Gasteiger charge is 2.68. The normalized spacial score (nSPS) is 32.4. The zero-order chi connectivity index (χ0) is 19.2. The molecule has 4 rings (SSSR count). The summed E-state index contributed by atoms with van der Waals surface area (Å²) < 4.78 is 6.01. The maximum absolute atomic E-state index is 13.0. The van der Waals surface area contributed by atoms with Gasteiger partial charge in [-0.25, -0.2) is 0 Å². The fraction of sp³-hybridized carbons (Fsp3) is 0.526. The fourth-order valence-corrected chi connectivity index (χ4v) is 5.03. The Morgan fingerprint density at radius 1 is 1.33 bits per heavy atom. The summed E-state index contributed by atoms with van der Waals surface area (Å²) in [5.74, 6) is -1.18. The maximum Gasteiger partial charge on any atom is 0.312 e. The Kier molecular flexibility index (Phi) is 4.43. The number of aliphatic carboxylic acids is 1. The van der Waals surface area contributed by atoms with E-state index >= 15 is 0 Å². The van der Waals surface area contributed by atoms with Gasteiger partial charge in [0.05, 0.1) is 17.9 Å². The number of fused-ring (bicyclic) bond motifs is 1. The molecule has 3 aliphatic rings. The monoisotopic (exact) mass is 390 g/mol. The van der Waals surface area contributed by atoms with Gasteiger partial charge in [0.15, 0.2) is 0 Å². The van der Waals surface area contributed by atoms with E-state index in [2.05, 4.69) is 5.32 Å². The van der Waals surface area contributed by atoms with Crippen molar-refractivity contribution in [3.8, 4) is 0 Å². The van der Waals surface area contributed by atoms with Crippen LogP contribution in [0.1, 0.15) is 25.3 Å². The van der Waals surface area contributed by atoms with E-state index < -0.39 is 22.5 Å².